The van der Waals surface area contributed by atoms with Gasteiger partial charge in [-0.2, -0.15) is 13.2 Å². The number of aliphatic hydroxyl groups is 1. The summed E-state index contributed by atoms with van der Waals surface area (Å²) in [5, 5.41) is 13.1. The van der Waals surface area contributed by atoms with E-state index in [-0.39, 0.29) is 31.1 Å². The van der Waals surface area contributed by atoms with Crippen LogP contribution in [0, 0.1) is 0 Å². The molecule has 2 atom stereocenters. The Morgan fingerprint density at radius 2 is 1.90 bits per heavy atom. The van der Waals surface area contributed by atoms with Crippen molar-refractivity contribution in [1.82, 2.24) is 10.3 Å². The number of aliphatic hydroxyl groups excluding tert-OH is 1. The highest BCUT2D eigenvalue weighted by Crippen LogP contribution is 2.39. The highest BCUT2D eigenvalue weighted by Gasteiger charge is 2.35. The van der Waals surface area contributed by atoms with Crippen LogP contribution in [0.15, 0.2) is 42.7 Å². The van der Waals surface area contributed by atoms with Gasteiger partial charge in [-0.15, -0.1) is 0 Å². The zero-order valence-corrected chi connectivity index (χ0v) is 15.7. The van der Waals surface area contributed by atoms with E-state index in [1.165, 1.54) is 24.6 Å². The topological polar surface area (TPSA) is 65.5 Å². The number of benzene rings is 1. The summed E-state index contributed by atoms with van der Waals surface area (Å²) in [6.45, 7) is 0.348. The zero-order chi connectivity index (χ0) is 20.6. The second-order valence-electron chi connectivity index (χ2n) is 7.77. The molecule has 8 heteroatoms. The van der Waals surface area contributed by atoms with Crippen LogP contribution in [0.5, 0.6) is 0 Å². The SMILES string of the molecule is O=C(Cc1ccc(C2CC2)cc1)N[C@H]1CN(c2cncc(C(F)(F)F)c2)C[C@@H]1O. The molecule has 2 N–H and O–H groups in total. The van der Waals surface area contributed by atoms with E-state index in [1.54, 1.807) is 4.90 Å². The van der Waals surface area contributed by atoms with Crippen molar-refractivity contribution in [2.75, 3.05) is 18.0 Å². The lowest BCUT2D eigenvalue weighted by Crippen LogP contribution is -2.43. The summed E-state index contributed by atoms with van der Waals surface area (Å²) in [7, 11) is 0. The van der Waals surface area contributed by atoms with E-state index >= 15 is 0 Å². The van der Waals surface area contributed by atoms with Gasteiger partial charge in [0.25, 0.3) is 0 Å². The van der Waals surface area contributed by atoms with Crippen molar-refractivity contribution in [2.45, 2.75) is 43.5 Å². The summed E-state index contributed by atoms with van der Waals surface area (Å²) in [5.74, 6) is 0.431. The van der Waals surface area contributed by atoms with Crippen LogP contribution in [0.3, 0.4) is 0 Å². The lowest BCUT2D eigenvalue weighted by atomic mass is 10.1. The van der Waals surface area contributed by atoms with Gasteiger partial charge in [-0.05, 0) is 36.0 Å². The third kappa shape index (κ3) is 4.70. The molecule has 2 heterocycles. The fourth-order valence-electron chi connectivity index (χ4n) is 3.66. The van der Waals surface area contributed by atoms with Crippen LogP contribution < -0.4 is 10.2 Å². The minimum absolute atomic E-state index is 0.129. The average molecular weight is 405 g/mol. The lowest BCUT2D eigenvalue weighted by molar-refractivity contribution is -0.137. The van der Waals surface area contributed by atoms with E-state index in [0.717, 1.165) is 17.8 Å². The van der Waals surface area contributed by atoms with Crippen LogP contribution in [-0.2, 0) is 17.4 Å². The molecule has 1 saturated heterocycles. The van der Waals surface area contributed by atoms with Crippen LogP contribution in [0.25, 0.3) is 0 Å². The number of amides is 1. The van der Waals surface area contributed by atoms with E-state index in [2.05, 4.69) is 10.3 Å². The number of halogens is 3. The maximum Gasteiger partial charge on any atom is 0.417 e. The predicted octanol–water partition coefficient (Wildman–Crippen LogP) is 2.89. The second-order valence-corrected chi connectivity index (χ2v) is 7.77. The summed E-state index contributed by atoms with van der Waals surface area (Å²) >= 11 is 0. The quantitative estimate of drug-likeness (QED) is 0.803. The van der Waals surface area contributed by atoms with E-state index in [0.29, 0.717) is 5.92 Å². The Bertz CT molecular complexity index is 881. The Morgan fingerprint density at radius 1 is 1.17 bits per heavy atom. The van der Waals surface area contributed by atoms with Crippen LogP contribution in [0.2, 0.25) is 0 Å². The molecule has 1 aliphatic carbocycles. The van der Waals surface area contributed by atoms with Gasteiger partial charge in [0, 0.05) is 19.3 Å². The molecule has 1 aromatic heterocycles. The Morgan fingerprint density at radius 3 is 2.55 bits per heavy atom. The summed E-state index contributed by atoms with van der Waals surface area (Å²) in [5.41, 5.74) is 1.61. The summed E-state index contributed by atoms with van der Waals surface area (Å²) in [6, 6.07) is 8.44. The molecule has 4 rings (SSSR count). The molecule has 2 aromatic rings. The Hall–Kier alpha value is -2.61. The summed E-state index contributed by atoms with van der Waals surface area (Å²) in [6.07, 6.45) is -0.624. The van der Waals surface area contributed by atoms with E-state index in [9.17, 15) is 23.1 Å². The summed E-state index contributed by atoms with van der Waals surface area (Å²) in [4.78, 5) is 17.6. The monoisotopic (exact) mass is 405 g/mol. The van der Waals surface area contributed by atoms with Crippen molar-refractivity contribution in [2.24, 2.45) is 0 Å². The third-order valence-electron chi connectivity index (χ3n) is 5.44. The molecular formula is C21H22F3N3O2. The van der Waals surface area contributed by atoms with Gasteiger partial charge in [-0.1, -0.05) is 24.3 Å². The normalized spacial score (nSPS) is 22.0. The van der Waals surface area contributed by atoms with Crippen molar-refractivity contribution in [1.29, 1.82) is 0 Å². The molecule has 1 saturated carbocycles. The first-order valence-electron chi connectivity index (χ1n) is 9.63. The van der Waals surface area contributed by atoms with E-state index < -0.39 is 23.9 Å². The molecule has 29 heavy (non-hydrogen) atoms. The van der Waals surface area contributed by atoms with Crippen molar-refractivity contribution in [3.8, 4) is 0 Å². The van der Waals surface area contributed by atoms with Gasteiger partial charge in [-0.3, -0.25) is 9.78 Å². The van der Waals surface area contributed by atoms with Gasteiger partial charge in [0.1, 0.15) is 0 Å². The Balaban J connectivity index is 1.35. The average Bonchev–Trinajstić information content (AvgIpc) is 3.46. The number of nitrogens with zero attached hydrogens (tertiary/aromatic N) is 2. The van der Waals surface area contributed by atoms with Crippen LogP contribution in [0.4, 0.5) is 18.9 Å². The van der Waals surface area contributed by atoms with Gasteiger partial charge >= 0.3 is 6.18 Å². The van der Waals surface area contributed by atoms with E-state index in [1.807, 2.05) is 24.3 Å². The number of carbonyl (C=O) groups is 1. The highest BCUT2D eigenvalue weighted by molar-refractivity contribution is 5.79. The maximum atomic E-state index is 12.9. The van der Waals surface area contributed by atoms with Gasteiger partial charge in [0.05, 0.1) is 36.0 Å². The number of pyridine rings is 1. The first kappa shape index (κ1) is 19.7. The first-order valence-corrected chi connectivity index (χ1v) is 9.63. The highest BCUT2D eigenvalue weighted by atomic mass is 19.4. The van der Waals surface area contributed by atoms with Gasteiger partial charge in [-0.25, -0.2) is 0 Å². The number of β-amino-alcohol motifs (C(OH)–C–C–N with tert-alkyl or cyclic N) is 1. The molecule has 2 fully saturated rings. The standard InChI is InChI=1S/C21H22F3N3O2/c22-21(23,24)16-8-17(10-25-9-16)27-11-18(19(28)12-27)26-20(29)7-13-1-3-14(4-2-13)15-5-6-15/h1-4,8-10,15,18-19,28H,5-7,11-12H2,(H,26,29)/t18-,19-/m0/s1. The van der Waals surface area contributed by atoms with Gasteiger partial charge in [0.2, 0.25) is 5.91 Å². The molecule has 1 amide bonds. The van der Waals surface area contributed by atoms with E-state index in [4.69, 9.17) is 0 Å². The molecule has 2 aliphatic rings. The van der Waals surface area contributed by atoms with Crippen molar-refractivity contribution in [3.63, 3.8) is 0 Å². The van der Waals surface area contributed by atoms with Gasteiger partial charge < -0.3 is 15.3 Å². The molecule has 1 aliphatic heterocycles. The largest absolute Gasteiger partial charge is 0.417 e. The number of rotatable bonds is 5. The molecule has 154 valence electrons. The van der Waals surface area contributed by atoms with Crippen molar-refractivity contribution < 1.29 is 23.1 Å². The Labute approximate surface area is 166 Å². The number of hydrogen-bond donors (Lipinski definition) is 2. The fourth-order valence-corrected chi connectivity index (χ4v) is 3.66. The number of aromatic nitrogens is 1. The van der Waals surface area contributed by atoms with Gasteiger partial charge in [0.15, 0.2) is 0 Å². The third-order valence-corrected chi connectivity index (χ3v) is 5.44. The number of hydrogen-bond acceptors (Lipinski definition) is 4. The molecule has 0 bridgehead atoms. The second kappa shape index (κ2) is 7.67. The predicted molar refractivity (Wildman–Crippen MR) is 102 cm³/mol. The smallest absolute Gasteiger partial charge is 0.389 e. The lowest BCUT2D eigenvalue weighted by Gasteiger charge is -2.19. The van der Waals surface area contributed by atoms with Crippen LogP contribution in [-0.4, -0.2) is 41.2 Å². The molecular weight excluding hydrogens is 383 g/mol. The molecule has 0 unspecified atom stereocenters. The van der Waals surface area contributed by atoms with Crippen LogP contribution >= 0.6 is 0 Å². The van der Waals surface area contributed by atoms with Crippen LogP contribution in [0.1, 0.15) is 35.4 Å². The maximum absolute atomic E-state index is 12.9. The first-order chi connectivity index (χ1) is 13.8. The van der Waals surface area contributed by atoms with Crippen molar-refractivity contribution in [3.05, 3.63) is 59.4 Å². The molecule has 1 aromatic carbocycles. The fraction of sp³-hybridized carbons (Fsp3) is 0.429. The minimum Gasteiger partial charge on any atom is -0.389 e. The number of alkyl halides is 3. The molecule has 0 radical (unpaired) electrons. The number of carbonyl (C=O) groups excluding carboxylic acids is 1. The minimum atomic E-state index is -4.48. The molecule has 5 nitrogen and oxygen atoms in total. The Kier molecular flexibility index (Phi) is 5.21. The number of anilines is 1. The zero-order valence-electron chi connectivity index (χ0n) is 15.7. The van der Waals surface area contributed by atoms with Crippen molar-refractivity contribution >= 4 is 11.6 Å². The summed E-state index contributed by atoms with van der Waals surface area (Å²) < 4.78 is 38.7. The molecule has 0 spiro atoms. The number of nitrogens with one attached hydrogen (secondary N) is 1.